The molecule has 0 aromatic heterocycles. The Hall–Kier alpha value is 0.270. The fourth-order valence-electron chi connectivity index (χ4n) is 8.41. The lowest BCUT2D eigenvalue weighted by Gasteiger charge is -2.63. The smallest absolute Gasteiger partial charge is 0.0731 e. The van der Waals surface area contributed by atoms with Gasteiger partial charge in [-0.3, -0.25) is 0 Å². The third kappa shape index (κ3) is 4.31. The maximum atomic E-state index is 11.9. The highest BCUT2D eigenvalue weighted by atomic mass is 32.1. The summed E-state index contributed by atoms with van der Waals surface area (Å²) in [6.07, 6.45) is 18.7. The van der Waals surface area contributed by atoms with Crippen LogP contribution in [0.3, 0.4) is 0 Å². The molecule has 0 amide bonds. The van der Waals surface area contributed by atoms with Gasteiger partial charge < -0.3 is 10.8 Å². The maximum Gasteiger partial charge on any atom is 0.0731 e. The van der Waals surface area contributed by atoms with Crippen molar-refractivity contribution in [2.24, 2.45) is 40.2 Å². The van der Waals surface area contributed by atoms with Crippen molar-refractivity contribution < 1.29 is 5.11 Å². The van der Waals surface area contributed by atoms with Crippen LogP contribution in [0.4, 0.5) is 0 Å². The highest BCUT2D eigenvalue weighted by Crippen LogP contribution is 2.69. The first-order valence-corrected chi connectivity index (χ1v) is 13.7. The normalized spacial score (nSPS) is 45.5. The Morgan fingerprint density at radius 2 is 1.59 bits per heavy atom. The Kier molecular flexibility index (Phi) is 9.44. The molecule has 2 nitrogen and oxygen atoms in total. The second-order valence-electron chi connectivity index (χ2n) is 10.6. The van der Waals surface area contributed by atoms with Crippen LogP contribution in [0.5, 0.6) is 0 Å². The van der Waals surface area contributed by atoms with E-state index in [1.807, 2.05) is 13.8 Å². The molecule has 3 N–H and O–H groups in total. The molecule has 4 fully saturated rings. The van der Waals surface area contributed by atoms with Crippen LogP contribution >= 0.6 is 12.6 Å². The van der Waals surface area contributed by atoms with Crippen LogP contribution < -0.4 is 5.73 Å². The van der Waals surface area contributed by atoms with E-state index in [0.717, 1.165) is 37.1 Å². The largest absolute Gasteiger partial charge is 0.389 e. The minimum absolute atomic E-state index is 0.175. The molecule has 0 heterocycles. The molecule has 4 aliphatic carbocycles. The van der Waals surface area contributed by atoms with Gasteiger partial charge in [0.1, 0.15) is 0 Å². The number of hydrogen-bond acceptors (Lipinski definition) is 3. The fourth-order valence-corrected chi connectivity index (χ4v) is 8.41. The zero-order valence-electron chi connectivity index (χ0n) is 20.2. The highest BCUT2D eigenvalue weighted by Gasteiger charge is 2.66. The summed E-state index contributed by atoms with van der Waals surface area (Å²) in [7, 11) is 0. The Labute approximate surface area is 187 Å². The van der Waals surface area contributed by atoms with Crippen molar-refractivity contribution in [2.45, 2.75) is 117 Å². The van der Waals surface area contributed by atoms with E-state index in [1.54, 1.807) is 6.26 Å². The van der Waals surface area contributed by atoms with Crippen LogP contribution in [-0.4, -0.2) is 23.5 Å². The van der Waals surface area contributed by atoms with Crippen molar-refractivity contribution >= 4 is 12.6 Å². The summed E-state index contributed by atoms with van der Waals surface area (Å²) in [4.78, 5) is 0. The van der Waals surface area contributed by atoms with Gasteiger partial charge in [-0.2, -0.15) is 12.6 Å². The summed E-state index contributed by atoms with van der Waals surface area (Å²) in [5.74, 6) is 3.14. The first kappa shape index (κ1) is 25.5. The second kappa shape index (κ2) is 10.7. The van der Waals surface area contributed by atoms with Gasteiger partial charge in [-0.25, -0.2) is 0 Å². The van der Waals surface area contributed by atoms with Crippen molar-refractivity contribution in [3.8, 4) is 0 Å². The Balaban J connectivity index is 0.000000707. The van der Waals surface area contributed by atoms with Crippen LogP contribution in [-0.2, 0) is 0 Å². The Morgan fingerprint density at radius 1 is 0.862 bits per heavy atom. The SMILES string of the molecule is CC.CC12CCCCC1CCC1C2CC[C@]2(O)[C@@H](CCCCN)CCC12C.CS. The molecule has 3 heteroatoms. The molecule has 0 aromatic carbocycles. The van der Waals surface area contributed by atoms with Gasteiger partial charge >= 0.3 is 0 Å². The van der Waals surface area contributed by atoms with E-state index in [-0.39, 0.29) is 11.0 Å². The number of unbranched alkanes of at least 4 members (excludes halogenated alkanes) is 1. The molecular formula is C26H51NOS. The van der Waals surface area contributed by atoms with E-state index in [9.17, 15) is 5.11 Å². The van der Waals surface area contributed by atoms with Gasteiger partial charge in [0, 0.05) is 0 Å². The topological polar surface area (TPSA) is 46.2 Å². The number of hydrogen-bond donors (Lipinski definition) is 3. The van der Waals surface area contributed by atoms with Crippen LogP contribution in [0, 0.1) is 34.5 Å². The molecule has 0 aromatic rings. The van der Waals surface area contributed by atoms with Crippen molar-refractivity contribution in [2.75, 3.05) is 12.8 Å². The molecule has 0 spiro atoms. The van der Waals surface area contributed by atoms with Gasteiger partial charge in [0.25, 0.3) is 0 Å². The van der Waals surface area contributed by atoms with Crippen molar-refractivity contribution in [3.63, 3.8) is 0 Å². The summed E-state index contributed by atoms with van der Waals surface area (Å²) in [6.45, 7) is 9.92. The Morgan fingerprint density at radius 3 is 2.28 bits per heavy atom. The van der Waals surface area contributed by atoms with Gasteiger partial charge in [-0.05, 0) is 112 Å². The highest BCUT2D eigenvalue weighted by molar-refractivity contribution is 7.79. The minimum Gasteiger partial charge on any atom is -0.389 e. The zero-order valence-corrected chi connectivity index (χ0v) is 21.1. The molecule has 0 aliphatic heterocycles. The van der Waals surface area contributed by atoms with Gasteiger partial charge in [0.05, 0.1) is 5.60 Å². The van der Waals surface area contributed by atoms with Crippen LogP contribution in [0.15, 0.2) is 0 Å². The van der Waals surface area contributed by atoms with Crippen molar-refractivity contribution in [3.05, 3.63) is 0 Å². The molecule has 4 saturated carbocycles. The van der Waals surface area contributed by atoms with E-state index in [1.165, 1.54) is 70.6 Å². The zero-order chi connectivity index (χ0) is 21.7. The molecular weight excluding hydrogens is 374 g/mol. The van der Waals surface area contributed by atoms with Crippen LogP contribution in [0.1, 0.15) is 111 Å². The lowest BCUT2D eigenvalue weighted by Crippen LogP contribution is -2.61. The summed E-state index contributed by atoms with van der Waals surface area (Å²) in [6, 6.07) is 0. The van der Waals surface area contributed by atoms with Gasteiger partial charge in [0.2, 0.25) is 0 Å². The summed E-state index contributed by atoms with van der Waals surface area (Å²) in [5.41, 5.74) is 6.07. The molecule has 4 aliphatic rings. The third-order valence-electron chi connectivity index (χ3n) is 9.95. The number of thiol groups is 1. The molecule has 0 radical (unpaired) electrons. The molecule has 4 rings (SSSR count). The molecule has 172 valence electrons. The molecule has 5 unspecified atom stereocenters. The van der Waals surface area contributed by atoms with Crippen LogP contribution in [0.2, 0.25) is 0 Å². The average molecular weight is 426 g/mol. The van der Waals surface area contributed by atoms with Crippen molar-refractivity contribution in [1.82, 2.24) is 0 Å². The van der Waals surface area contributed by atoms with Gasteiger partial charge in [0.15, 0.2) is 0 Å². The van der Waals surface area contributed by atoms with Gasteiger partial charge in [-0.1, -0.05) is 47.0 Å². The monoisotopic (exact) mass is 425 g/mol. The number of fused-ring (bicyclic) bond motifs is 5. The summed E-state index contributed by atoms with van der Waals surface area (Å²) >= 11 is 3.53. The predicted octanol–water partition coefficient (Wildman–Crippen LogP) is 6.85. The number of aliphatic hydroxyl groups is 1. The summed E-state index contributed by atoms with van der Waals surface area (Å²) in [5, 5.41) is 11.9. The number of nitrogens with two attached hydrogens (primary N) is 1. The standard InChI is InChI=1S/C23H41NO.C2H6.CH4S/c1-21-13-5-3-7-17(21)9-10-20-19(21)12-15-23(25)18(8-4-6-16-24)11-14-22(20,23)2;2*1-2/h17-20,25H,3-16,24H2,1-2H3;1-2H3;2H,1H3/t17?,18-,19?,20?,21?,22?,23-;;/m0../s1. The lowest BCUT2D eigenvalue weighted by molar-refractivity contribution is -0.199. The second-order valence-corrected chi connectivity index (χ2v) is 10.6. The Bertz CT molecular complexity index is 499. The average Bonchev–Trinajstić information content (AvgIpc) is 3.02. The van der Waals surface area contributed by atoms with E-state index >= 15 is 0 Å². The maximum absolute atomic E-state index is 11.9. The first-order chi connectivity index (χ1) is 14.0. The van der Waals surface area contributed by atoms with E-state index in [0.29, 0.717) is 11.3 Å². The van der Waals surface area contributed by atoms with Crippen molar-refractivity contribution in [1.29, 1.82) is 0 Å². The summed E-state index contributed by atoms with van der Waals surface area (Å²) < 4.78 is 0. The third-order valence-corrected chi connectivity index (χ3v) is 9.95. The van der Waals surface area contributed by atoms with E-state index in [4.69, 9.17) is 5.73 Å². The van der Waals surface area contributed by atoms with E-state index < -0.39 is 0 Å². The molecule has 0 bridgehead atoms. The van der Waals surface area contributed by atoms with Crippen LogP contribution in [0.25, 0.3) is 0 Å². The molecule has 7 atom stereocenters. The minimum atomic E-state index is -0.388. The molecule has 29 heavy (non-hydrogen) atoms. The quantitative estimate of drug-likeness (QED) is 0.340. The molecule has 0 saturated heterocycles. The van der Waals surface area contributed by atoms with E-state index in [2.05, 4.69) is 26.5 Å². The number of rotatable bonds is 4. The van der Waals surface area contributed by atoms with Gasteiger partial charge in [-0.15, -0.1) is 0 Å². The fraction of sp³-hybridized carbons (Fsp3) is 1.00. The lowest BCUT2D eigenvalue weighted by atomic mass is 9.43. The first-order valence-electron chi connectivity index (χ1n) is 12.8. The predicted molar refractivity (Wildman–Crippen MR) is 130 cm³/mol.